The molecule has 2 fully saturated rings. The number of benzene rings is 1. The Labute approximate surface area is 163 Å². The molecule has 2 aliphatic rings. The summed E-state index contributed by atoms with van der Waals surface area (Å²) in [5.41, 5.74) is 2.15. The van der Waals surface area contributed by atoms with Crippen LogP contribution in [-0.2, 0) is 11.2 Å². The Hall–Kier alpha value is -2.04. The number of carbonyl (C=O) groups excluding carboxylic acids is 2. The zero-order valence-electron chi connectivity index (χ0n) is 16.6. The van der Waals surface area contributed by atoms with Crippen molar-refractivity contribution >= 4 is 17.6 Å². The predicted octanol–water partition coefficient (Wildman–Crippen LogP) is 4.29. The van der Waals surface area contributed by atoms with Gasteiger partial charge in [-0.2, -0.15) is 0 Å². The zero-order chi connectivity index (χ0) is 19.1. The molecule has 5 nitrogen and oxygen atoms in total. The number of nitrogens with one attached hydrogen (secondary N) is 1. The summed E-state index contributed by atoms with van der Waals surface area (Å²) in [6.45, 7) is 4.93. The molecule has 3 rings (SSSR count). The molecule has 5 heteroatoms. The Morgan fingerprint density at radius 2 is 1.63 bits per heavy atom. The van der Waals surface area contributed by atoms with Crippen LogP contribution in [0.25, 0.3) is 0 Å². The van der Waals surface area contributed by atoms with Crippen LogP contribution in [0, 0.1) is 5.92 Å². The van der Waals surface area contributed by atoms with Crippen molar-refractivity contribution in [3.8, 4) is 0 Å². The molecule has 1 aromatic carbocycles. The number of urea groups is 1. The summed E-state index contributed by atoms with van der Waals surface area (Å²) in [4.78, 5) is 29.1. The monoisotopic (exact) mass is 371 g/mol. The number of unbranched alkanes of at least 4 members (excludes halogenated alkanes) is 1. The van der Waals surface area contributed by atoms with E-state index in [0.29, 0.717) is 25.5 Å². The molecular weight excluding hydrogens is 338 g/mol. The van der Waals surface area contributed by atoms with E-state index in [1.807, 2.05) is 21.9 Å². The number of carbonyl (C=O) groups is 2. The van der Waals surface area contributed by atoms with E-state index in [1.54, 1.807) is 0 Å². The van der Waals surface area contributed by atoms with Gasteiger partial charge in [0.2, 0.25) is 5.91 Å². The van der Waals surface area contributed by atoms with Gasteiger partial charge in [0, 0.05) is 37.8 Å². The molecule has 3 amide bonds. The van der Waals surface area contributed by atoms with E-state index in [1.165, 1.54) is 31.2 Å². The standard InChI is InChI=1S/C22H33N3O2/c1-2-3-7-18-10-12-20(13-11-18)23-22(27)25-15-6-14-24(16-17-25)21(26)19-8-4-5-9-19/h10-13,19H,2-9,14-17H2,1H3,(H,23,27). The van der Waals surface area contributed by atoms with Crippen molar-refractivity contribution in [1.82, 2.24) is 9.80 Å². The second kappa shape index (κ2) is 9.77. The van der Waals surface area contributed by atoms with E-state index in [0.717, 1.165) is 37.9 Å². The van der Waals surface area contributed by atoms with Crippen molar-refractivity contribution in [2.75, 3.05) is 31.5 Å². The summed E-state index contributed by atoms with van der Waals surface area (Å²) in [5.74, 6) is 0.522. The van der Waals surface area contributed by atoms with E-state index >= 15 is 0 Å². The van der Waals surface area contributed by atoms with Crippen LogP contribution < -0.4 is 5.32 Å². The molecule has 0 atom stereocenters. The van der Waals surface area contributed by atoms with E-state index < -0.39 is 0 Å². The van der Waals surface area contributed by atoms with Crippen LogP contribution in [-0.4, -0.2) is 47.9 Å². The highest BCUT2D eigenvalue weighted by atomic mass is 16.2. The molecule has 0 spiro atoms. The molecule has 1 aliphatic heterocycles. The van der Waals surface area contributed by atoms with Gasteiger partial charge >= 0.3 is 6.03 Å². The van der Waals surface area contributed by atoms with Crippen molar-refractivity contribution in [2.45, 2.75) is 58.3 Å². The third-order valence-corrected chi connectivity index (χ3v) is 5.82. The van der Waals surface area contributed by atoms with E-state index in [9.17, 15) is 9.59 Å². The van der Waals surface area contributed by atoms with Gasteiger partial charge in [-0.15, -0.1) is 0 Å². The van der Waals surface area contributed by atoms with Gasteiger partial charge in [0.25, 0.3) is 0 Å². The Bertz CT molecular complexity index is 623. The molecule has 0 aromatic heterocycles. The first kappa shape index (κ1) is 19.7. The SMILES string of the molecule is CCCCc1ccc(NC(=O)N2CCCN(C(=O)C3CCCC3)CC2)cc1. The minimum absolute atomic E-state index is 0.0635. The number of nitrogens with zero attached hydrogens (tertiary/aromatic N) is 2. The molecule has 27 heavy (non-hydrogen) atoms. The summed E-state index contributed by atoms with van der Waals surface area (Å²) in [7, 11) is 0. The minimum atomic E-state index is -0.0635. The van der Waals surface area contributed by atoms with Crippen molar-refractivity contribution in [1.29, 1.82) is 0 Å². The highest BCUT2D eigenvalue weighted by Gasteiger charge is 2.29. The van der Waals surface area contributed by atoms with Crippen molar-refractivity contribution < 1.29 is 9.59 Å². The number of hydrogen-bond acceptors (Lipinski definition) is 2. The van der Waals surface area contributed by atoms with Crippen molar-refractivity contribution in [3.63, 3.8) is 0 Å². The summed E-state index contributed by atoms with van der Waals surface area (Å²) in [5, 5.41) is 3.01. The fourth-order valence-corrected chi connectivity index (χ4v) is 4.11. The highest BCUT2D eigenvalue weighted by molar-refractivity contribution is 5.89. The van der Waals surface area contributed by atoms with Gasteiger partial charge in [-0.25, -0.2) is 4.79 Å². The van der Waals surface area contributed by atoms with Crippen LogP contribution in [0.4, 0.5) is 10.5 Å². The van der Waals surface area contributed by atoms with Gasteiger partial charge in [0.15, 0.2) is 0 Å². The summed E-state index contributed by atoms with van der Waals surface area (Å²) >= 11 is 0. The molecule has 1 aromatic rings. The Morgan fingerprint density at radius 1 is 0.963 bits per heavy atom. The smallest absolute Gasteiger partial charge is 0.321 e. The van der Waals surface area contributed by atoms with Crippen LogP contribution in [0.2, 0.25) is 0 Å². The maximum atomic E-state index is 12.6. The lowest BCUT2D eigenvalue weighted by molar-refractivity contribution is -0.135. The highest BCUT2D eigenvalue weighted by Crippen LogP contribution is 2.27. The molecule has 0 radical (unpaired) electrons. The Kier molecular flexibility index (Phi) is 7.13. The maximum absolute atomic E-state index is 12.6. The van der Waals surface area contributed by atoms with Crippen molar-refractivity contribution in [2.24, 2.45) is 5.92 Å². The summed E-state index contributed by atoms with van der Waals surface area (Å²) in [6.07, 6.45) is 8.74. The fourth-order valence-electron chi connectivity index (χ4n) is 4.11. The number of amides is 3. The largest absolute Gasteiger partial charge is 0.341 e. The first-order valence-corrected chi connectivity index (χ1v) is 10.6. The van der Waals surface area contributed by atoms with E-state index in [2.05, 4.69) is 24.4 Å². The molecular formula is C22H33N3O2. The van der Waals surface area contributed by atoms with Gasteiger partial charge in [-0.1, -0.05) is 38.3 Å². The van der Waals surface area contributed by atoms with Crippen LogP contribution >= 0.6 is 0 Å². The average molecular weight is 372 g/mol. The predicted molar refractivity (Wildman–Crippen MR) is 109 cm³/mol. The average Bonchev–Trinajstić information content (AvgIpc) is 3.11. The molecule has 1 saturated heterocycles. The fraction of sp³-hybridized carbons (Fsp3) is 0.636. The number of rotatable bonds is 5. The molecule has 0 unspecified atom stereocenters. The second-order valence-corrected chi connectivity index (χ2v) is 7.88. The van der Waals surface area contributed by atoms with Crippen LogP contribution in [0.1, 0.15) is 57.4 Å². The summed E-state index contributed by atoms with van der Waals surface area (Å²) in [6, 6.07) is 8.09. The lowest BCUT2D eigenvalue weighted by Gasteiger charge is -2.24. The maximum Gasteiger partial charge on any atom is 0.321 e. The number of anilines is 1. The molecule has 0 bridgehead atoms. The second-order valence-electron chi connectivity index (χ2n) is 7.88. The number of aryl methyl sites for hydroxylation is 1. The van der Waals surface area contributed by atoms with E-state index in [-0.39, 0.29) is 11.9 Å². The Balaban J connectivity index is 1.49. The van der Waals surface area contributed by atoms with Crippen molar-refractivity contribution in [3.05, 3.63) is 29.8 Å². The molecule has 1 N–H and O–H groups in total. The third-order valence-electron chi connectivity index (χ3n) is 5.82. The van der Waals surface area contributed by atoms with Crippen LogP contribution in [0.3, 0.4) is 0 Å². The molecule has 1 heterocycles. The molecule has 148 valence electrons. The quantitative estimate of drug-likeness (QED) is 0.840. The van der Waals surface area contributed by atoms with Crippen LogP contribution in [0.15, 0.2) is 24.3 Å². The lowest BCUT2D eigenvalue weighted by atomic mass is 10.1. The summed E-state index contributed by atoms with van der Waals surface area (Å²) < 4.78 is 0. The lowest BCUT2D eigenvalue weighted by Crippen LogP contribution is -2.40. The first-order chi connectivity index (χ1) is 13.2. The van der Waals surface area contributed by atoms with Gasteiger partial charge in [-0.05, 0) is 49.8 Å². The first-order valence-electron chi connectivity index (χ1n) is 10.6. The van der Waals surface area contributed by atoms with Gasteiger partial charge in [0.05, 0.1) is 0 Å². The zero-order valence-corrected chi connectivity index (χ0v) is 16.6. The van der Waals surface area contributed by atoms with Gasteiger partial charge < -0.3 is 15.1 Å². The molecule has 1 saturated carbocycles. The van der Waals surface area contributed by atoms with Gasteiger partial charge in [0.1, 0.15) is 0 Å². The topological polar surface area (TPSA) is 52.7 Å². The normalized spacial score (nSPS) is 18.4. The minimum Gasteiger partial charge on any atom is -0.341 e. The third kappa shape index (κ3) is 5.47. The van der Waals surface area contributed by atoms with Crippen LogP contribution in [0.5, 0.6) is 0 Å². The van der Waals surface area contributed by atoms with Gasteiger partial charge in [-0.3, -0.25) is 4.79 Å². The molecule has 1 aliphatic carbocycles. The van der Waals surface area contributed by atoms with E-state index in [4.69, 9.17) is 0 Å². The number of hydrogen-bond donors (Lipinski definition) is 1. The Morgan fingerprint density at radius 3 is 2.33 bits per heavy atom.